The van der Waals surface area contributed by atoms with E-state index in [0.717, 1.165) is 25.1 Å². The van der Waals surface area contributed by atoms with Gasteiger partial charge < -0.3 is 24.0 Å². The first kappa shape index (κ1) is 20.5. The number of fused-ring (bicyclic) bond motifs is 1. The quantitative estimate of drug-likeness (QED) is 0.738. The molecule has 2 heterocycles. The number of hydrogen-bond donors (Lipinski definition) is 0. The van der Waals surface area contributed by atoms with Crippen LogP contribution in [0, 0.1) is 11.3 Å². The monoisotopic (exact) mass is 390 g/mol. The molecule has 7 heteroatoms. The lowest BCUT2D eigenvalue weighted by molar-refractivity contribution is -0.134. The second-order valence-corrected chi connectivity index (χ2v) is 7.89. The minimum atomic E-state index is -0.180. The third-order valence-corrected chi connectivity index (χ3v) is 6.06. The van der Waals surface area contributed by atoms with Gasteiger partial charge in [-0.15, -0.1) is 0 Å². The number of likely N-dealkylation sites (tertiary alicyclic amines) is 2. The number of benzene rings is 1. The summed E-state index contributed by atoms with van der Waals surface area (Å²) in [4.78, 5) is 28.7. The third-order valence-electron chi connectivity index (χ3n) is 6.06. The van der Waals surface area contributed by atoms with Crippen molar-refractivity contribution >= 4 is 11.8 Å². The standard InChI is InChI=1S/C21H30N2O5/c1-15(24)22-6-5-17-11-23(13-21(17,12-22)14-26-2)20(25)9-16-7-18(27-3)10-19(8-16)28-4/h7-8,10,17H,5-6,9,11-14H2,1-4H3/t17-,21+/m1/s1. The van der Waals surface area contributed by atoms with Gasteiger partial charge in [-0.25, -0.2) is 0 Å². The fourth-order valence-electron chi connectivity index (χ4n) is 4.59. The summed E-state index contributed by atoms with van der Waals surface area (Å²) in [6.07, 6.45) is 1.19. The highest BCUT2D eigenvalue weighted by Gasteiger charge is 2.51. The van der Waals surface area contributed by atoms with Gasteiger partial charge in [0.15, 0.2) is 0 Å². The molecular weight excluding hydrogens is 360 g/mol. The van der Waals surface area contributed by atoms with E-state index < -0.39 is 0 Å². The number of amides is 2. The van der Waals surface area contributed by atoms with E-state index >= 15 is 0 Å². The van der Waals surface area contributed by atoms with Crippen LogP contribution in [0.2, 0.25) is 0 Å². The summed E-state index contributed by atoms with van der Waals surface area (Å²) in [7, 11) is 4.88. The average Bonchev–Trinajstić information content (AvgIpc) is 3.06. The lowest BCUT2D eigenvalue weighted by Crippen LogP contribution is -2.52. The summed E-state index contributed by atoms with van der Waals surface area (Å²) in [6, 6.07) is 5.53. The number of ether oxygens (including phenoxy) is 3. The maximum absolute atomic E-state index is 13.0. The van der Waals surface area contributed by atoms with Crippen LogP contribution in [-0.4, -0.2) is 75.7 Å². The SMILES string of the molecule is COC[C@@]12CN(C(C)=O)CC[C@@H]1CN(C(=O)Cc1cc(OC)cc(OC)c1)C2. The fraction of sp³-hybridized carbons (Fsp3) is 0.619. The maximum Gasteiger partial charge on any atom is 0.227 e. The summed E-state index contributed by atoms with van der Waals surface area (Å²) < 4.78 is 16.1. The van der Waals surface area contributed by atoms with Gasteiger partial charge in [0.2, 0.25) is 11.8 Å². The first-order valence-electron chi connectivity index (χ1n) is 9.65. The summed E-state index contributed by atoms with van der Waals surface area (Å²) in [6.45, 7) is 4.90. The molecule has 0 unspecified atom stereocenters. The van der Waals surface area contributed by atoms with Crippen molar-refractivity contribution in [1.82, 2.24) is 9.80 Å². The van der Waals surface area contributed by atoms with Crippen molar-refractivity contribution in [3.63, 3.8) is 0 Å². The normalized spacial score (nSPS) is 24.1. The van der Waals surface area contributed by atoms with E-state index in [4.69, 9.17) is 14.2 Å². The van der Waals surface area contributed by atoms with E-state index in [1.165, 1.54) is 0 Å². The number of rotatable bonds is 6. The molecule has 0 radical (unpaired) electrons. The molecule has 2 aliphatic rings. The van der Waals surface area contributed by atoms with Gasteiger partial charge in [0.25, 0.3) is 0 Å². The number of methoxy groups -OCH3 is 3. The minimum absolute atomic E-state index is 0.0783. The summed E-state index contributed by atoms with van der Waals surface area (Å²) in [5, 5.41) is 0. The van der Waals surface area contributed by atoms with Gasteiger partial charge in [-0.2, -0.15) is 0 Å². The molecule has 2 aliphatic heterocycles. The van der Waals surface area contributed by atoms with Crippen molar-refractivity contribution < 1.29 is 23.8 Å². The molecule has 0 saturated carbocycles. The topological polar surface area (TPSA) is 68.3 Å². The van der Waals surface area contributed by atoms with E-state index in [1.807, 2.05) is 21.9 Å². The van der Waals surface area contributed by atoms with Crippen molar-refractivity contribution in [2.24, 2.45) is 11.3 Å². The van der Waals surface area contributed by atoms with Crippen LogP contribution in [0.4, 0.5) is 0 Å². The van der Waals surface area contributed by atoms with E-state index in [9.17, 15) is 9.59 Å². The molecule has 2 fully saturated rings. The molecule has 28 heavy (non-hydrogen) atoms. The predicted molar refractivity (Wildman–Crippen MR) is 105 cm³/mol. The Hall–Kier alpha value is -2.28. The first-order chi connectivity index (χ1) is 13.4. The second kappa shape index (κ2) is 8.39. The number of carbonyl (C=O) groups is 2. The van der Waals surface area contributed by atoms with Crippen molar-refractivity contribution in [2.75, 3.05) is 54.1 Å². The molecule has 2 atom stereocenters. The Morgan fingerprint density at radius 2 is 1.71 bits per heavy atom. The van der Waals surface area contributed by atoms with Crippen molar-refractivity contribution in [1.29, 1.82) is 0 Å². The first-order valence-corrected chi connectivity index (χ1v) is 9.65. The van der Waals surface area contributed by atoms with Gasteiger partial charge in [0, 0.05) is 51.7 Å². The van der Waals surface area contributed by atoms with E-state index in [2.05, 4.69) is 0 Å². The Labute approximate surface area is 166 Å². The summed E-state index contributed by atoms with van der Waals surface area (Å²) >= 11 is 0. The van der Waals surface area contributed by atoms with E-state index in [-0.39, 0.29) is 17.2 Å². The molecule has 7 nitrogen and oxygen atoms in total. The van der Waals surface area contributed by atoms with Crippen LogP contribution < -0.4 is 9.47 Å². The molecule has 154 valence electrons. The Bertz CT molecular complexity index is 715. The Morgan fingerprint density at radius 3 is 2.29 bits per heavy atom. The van der Waals surface area contributed by atoms with Crippen molar-refractivity contribution in [2.45, 2.75) is 19.8 Å². The summed E-state index contributed by atoms with van der Waals surface area (Å²) in [5.74, 6) is 1.86. The van der Waals surface area contributed by atoms with Crippen LogP contribution in [0.3, 0.4) is 0 Å². The molecule has 0 spiro atoms. The molecule has 2 amide bonds. The molecule has 0 aromatic heterocycles. The van der Waals surface area contributed by atoms with E-state index in [0.29, 0.717) is 43.5 Å². The molecule has 2 saturated heterocycles. The zero-order chi connectivity index (χ0) is 20.3. The largest absolute Gasteiger partial charge is 0.497 e. The molecule has 1 aromatic rings. The third kappa shape index (κ3) is 4.09. The van der Waals surface area contributed by atoms with Crippen LogP contribution in [0.1, 0.15) is 18.9 Å². The molecule has 0 bridgehead atoms. The molecule has 0 aliphatic carbocycles. The Morgan fingerprint density at radius 1 is 1.07 bits per heavy atom. The fourth-order valence-corrected chi connectivity index (χ4v) is 4.59. The predicted octanol–water partition coefficient (Wildman–Crippen LogP) is 1.59. The van der Waals surface area contributed by atoms with Crippen molar-refractivity contribution in [3.05, 3.63) is 23.8 Å². The van der Waals surface area contributed by atoms with Gasteiger partial charge in [-0.05, 0) is 30.0 Å². The highest BCUT2D eigenvalue weighted by molar-refractivity contribution is 5.79. The van der Waals surface area contributed by atoms with Crippen LogP contribution in [-0.2, 0) is 20.7 Å². The molecule has 3 rings (SSSR count). The highest BCUT2D eigenvalue weighted by atomic mass is 16.5. The van der Waals surface area contributed by atoms with Gasteiger partial charge in [0.1, 0.15) is 11.5 Å². The lowest BCUT2D eigenvalue weighted by atomic mass is 9.74. The minimum Gasteiger partial charge on any atom is -0.497 e. The van der Waals surface area contributed by atoms with E-state index in [1.54, 1.807) is 34.3 Å². The van der Waals surface area contributed by atoms with Crippen LogP contribution >= 0.6 is 0 Å². The number of nitrogens with zero attached hydrogens (tertiary/aromatic N) is 2. The van der Waals surface area contributed by atoms with Crippen molar-refractivity contribution in [3.8, 4) is 11.5 Å². The molecular formula is C21H30N2O5. The summed E-state index contributed by atoms with van der Waals surface area (Å²) in [5.41, 5.74) is 0.683. The smallest absolute Gasteiger partial charge is 0.227 e. The number of piperidine rings is 1. The van der Waals surface area contributed by atoms with Gasteiger partial charge >= 0.3 is 0 Å². The zero-order valence-electron chi connectivity index (χ0n) is 17.2. The Balaban J connectivity index is 1.74. The van der Waals surface area contributed by atoms with Crippen LogP contribution in [0.25, 0.3) is 0 Å². The molecule has 0 N–H and O–H groups in total. The molecule has 1 aromatic carbocycles. The van der Waals surface area contributed by atoms with Gasteiger partial charge in [-0.1, -0.05) is 0 Å². The maximum atomic E-state index is 13.0. The highest BCUT2D eigenvalue weighted by Crippen LogP contribution is 2.42. The lowest BCUT2D eigenvalue weighted by Gasteiger charge is -2.43. The second-order valence-electron chi connectivity index (χ2n) is 7.89. The van der Waals surface area contributed by atoms with Gasteiger partial charge in [-0.3, -0.25) is 9.59 Å². The zero-order valence-corrected chi connectivity index (χ0v) is 17.2. The average molecular weight is 390 g/mol. The number of carbonyl (C=O) groups excluding carboxylic acids is 2. The van der Waals surface area contributed by atoms with Gasteiger partial charge in [0.05, 0.1) is 27.2 Å². The Kier molecular flexibility index (Phi) is 6.13. The van der Waals surface area contributed by atoms with Crippen LogP contribution in [0.5, 0.6) is 11.5 Å². The number of hydrogen-bond acceptors (Lipinski definition) is 5. The van der Waals surface area contributed by atoms with Crippen LogP contribution in [0.15, 0.2) is 18.2 Å².